The molecule has 3 rings (SSSR count). The van der Waals surface area contributed by atoms with E-state index in [4.69, 9.17) is 4.74 Å². The van der Waals surface area contributed by atoms with E-state index in [1.54, 1.807) is 48.0 Å². The molecule has 2 fully saturated rings. The zero-order chi connectivity index (χ0) is 13.4. The molecule has 0 aliphatic carbocycles. The minimum atomic E-state index is -0.282. The van der Waals surface area contributed by atoms with E-state index in [0.29, 0.717) is 17.3 Å². The number of hydrogen-bond donors (Lipinski definition) is 0. The Morgan fingerprint density at radius 1 is 1.26 bits per heavy atom. The Hall–Kier alpha value is -1.69. The summed E-state index contributed by atoms with van der Waals surface area (Å²) in [6.45, 7) is 0. The first-order valence-corrected chi connectivity index (χ1v) is 7.24. The average Bonchev–Trinajstić information content (AvgIpc) is 2.72. The summed E-state index contributed by atoms with van der Waals surface area (Å²) in [5.74, 6) is 2.12. The number of carbonyl (C=O) groups excluding carboxylic acids is 2. The SMILES string of the molecule is COc1ccc(N2C(=O)C3CCSCN3C2=O)cc1. The van der Waals surface area contributed by atoms with Crippen LogP contribution in [0.3, 0.4) is 0 Å². The number of urea groups is 1. The summed E-state index contributed by atoms with van der Waals surface area (Å²) in [5.41, 5.74) is 0.607. The topological polar surface area (TPSA) is 49.9 Å². The first-order chi connectivity index (χ1) is 9.22. The molecular weight excluding hydrogens is 264 g/mol. The third-order valence-electron chi connectivity index (χ3n) is 3.42. The zero-order valence-electron chi connectivity index (χ0n) is 10.5. The predicted molar refractivity (Wildman–Crippen MR) is 73.4 cm³/mol. The fraction of sp³-hybridized carbons (Fsp3) is 0.385. The zero-order valence-corrected chi connectivity index (χ0v) is 11.4. The van der Waals surface area contributed by atoms with E-state index in [1.807, 2.05) is 0 Å². The Kier molecular flexibility index (Phi) is 3.10. The molecule has 19 heavy (non-hydrogen) atoms. The van der Waals surface area contributed by atoms with E-state index >= 15 is 0 Å². The molecule has 2 aliphatic heterocycles. The standard InChI is InChI=1S/C13H14N2O3S/c1-18-10-4-2-9(3-5-10)15-12(16)11-6-7-19-8-14(11)13(15)17/h2-5,11H,6-8H2,1H3. The quantitative estimate of drug-likeness (QED) is 0.776. The normalized spacial score (nSPS) is 22.7. The molecule has 0 radical (unpaired) electrons. The molecule has 3 amide bonds. The van der Waals surface area contributed by atoms with Gasteiger partial charge in [0.05, 0.1) is 18.7 Å². The Balaban J connectivity index is 1.91. The molecule has 0 aromatic heterocycles. The van der Waals surface area contributed by atoms with Crippen molar-refractivity contribution in [3.8, 4) is 5.75 Å². The molecule has 5 nitrogen and oxygen atoms in total. The summed E-state index contributed by atoms with van der Waals surface area (Å²) >= 11 is 1.69. The van der Waals surface area contributed by atoms with Gasteiger partial charge in [-0.1, -0.05) is 0 Å². The van der Waals surface area contributed by atoms with Crippen LogP contribution < -0.4 is 9.64 Å². The van der Waals surface area contributed by atoms with Gasteiger partial charge in [-0.15, -0.1) is 11.8 Å². The number of amides is 3. The van der Waals surface area contributed by atoms with Crippen LogP contribution in [0.25, 0.3) is 0 Å². The monoisotopic (exact) mass is 278 g/mol. The second kappa shape index (κ2) is 4.77. The lowest BCUT2D eigenvalue weighted by atomic mass is 10.2. The fourth-order valence-corrected chi connectivity index (χ4v) is 3.40. The Morgan fingerprint density at radius 2 is 2.00 bits per heavy atom. The van der Waals surface area contributed by atoms with Gasteiger partial charge in [-0.25, -0.2) is 9.69 Å². The molecule has 100 valence electrons. The van der Waals surface area contributed by atoms with Crippen molar-refractivity contribution < 1.29 is 14.3 Å². The summed E-state index contributed by atoms with van der Waals surface area (Å²) in [6.07, 6.45) is 0.738. The third-order valence-corrected chi connectivity index (χ3v) is 4.40. The molecule has 0 spiro atoms. The van der Waals surface area contributed by atoms with Crippen molar-refractivity contribution in [3.05, 3.63) is 24.3 Å². The number of thioether (sulfide) groups is 1. The number of methoxy groups -OCH3 is 1. The Bertz CT molecular complexity index is 493. The van der Waals surface area contributed by atoms with E-state index in [9.17, 15) is 9.59 Å². The maximum absolute atomic E-state index is 12.3. The smallest absolute Gasteiger partial charge is 0.332 e. The lowest BCUT2D eigenvalue weighted by Crippen LogP contribution is -2.38. The molecule has 0 N–H and O–H groups in total. The molecule has 1 aromatic rings. The highest BCUT2D eigenvalue weighted by Crippen LogP contribution is 2.32. The van der Waals surface area contributed by atoms with Gasteiger partial charge in [0.25, 0.3) is 5.91 Å². The number of hydrogen-bond acceptors (Lipinski definition) is 4. The molecule has 1 unspecified atom stereocenters. The highest BCUT2D eigenvalue weighted by Gasteiger charge is 2.46. The van der Waals surface area contributed by atoms with E-state index < -0.39 is 0 Å². The molecule has 2 saturated heterocycles. The van der Waals surface area contributed by atoms with E-state index in [1.165, 1.54) is 4.90 Å². The Labute approximate surface area is 115 Å². The van der Waals surface area contributed by atoms with Gasteiger partial charge >= 0.3 is 6.03 Å². The molecule has 2 heterocycles. The van der Waals surface area contributed by atoms with Gasteiger partial charge in [0, 0.05) is 0 Å². The number of benzene rings is 1. The van der Waals surface area contributed by atoms with E-state index in [0.717, 1.165) is 12.2 Å². The van der Waals surface area contributed by atoms with Crippen LogP contribution in [0.1, 0.15) is 6.42 Å². The lowest BCUT2D eigenvalue weighted by molar-refractivity contribution is -0.119. The van der Waals surface area contributed by atoms with Crippen LogP contribution in [0.5, 0.6) is 5.75 Å². The van der Waals surface area contributed by atoms with Gasteiger partial charge in [0.15, 0.2) is 0 Å². The van der Waals surface area contributed by atoms with Crippen molar-refractivity contribution in [3.63, 3.8) is 0 Å². The number of anilines is 1. The number of fused-ring (bicyclic) bond motifs is 1. The van der Waals surface area contributed by atoms with Gasteiger partial charge in [0.2, 0.25) is 0 Å². The lowest BCUT2D eigenvalue weighted by Gasteiger charge is -2.25. The van der Waals surface area contributed by atoms with Crippen molar-refractivity contribution >= 4 is 29.4 Å². The summed E-state index contributed by atoms with van der Waals surface area (Å²) in [4.78, 5) is 27.5. The first kappa shape index (κ1) is 12.3. The minimum absolute atomic E-state index is 0.115. The van der Waals surface area contributed by atoms with Crippen molar-refractivity contribution in [2.45, 2.75) is 12.5 Å². The highest BCUT2D eigenvalue weighted by atomic mass is 32.2. The van der Waals surface area contributed by atoms with Crippen molar-refractivity contribution in [2.24, 2.45) is 0 Å². The number of nitrogens with zero attached hydrogens (tertiary/aromatic N) is 2. The molecule has 2 aliphatic rings. The Morgan fingerprint density at radius 3 is 2.63 bits per heavy atom. The van der Waals surface area contributed by atoms with E-state index in [2.05, 4.69) is 0 Å². The summed E-state index contributed by atoms with van der Waals surface area (Å²) < 4.78 is 5.08. The van der Waals surface area contributed by atoms with Gasteiger partial charge in [-0.05, 0) is 36.4 Å². The second-order valence-corrected chi connectivity index (χ2v) is 5.54. The number of ether oxygens (including phenoxy) is 1. The van der Waals surface area contributed by atoms with Crippen LogP contribution in [0, 0.1) is 0 Å². The van der Waals surface area contributed by atoms with Gasteiger partial charge < -0.3 is 9.64 Å². The van der Waals surface area contributed by atoms with Gasteiger partial charge in [-0.3, -0.25) is 4.79 Å². The summed E-state index contributed by atoms with van der Waals surface area (Å²) in [7, 11) is 1.58. The molecule has 0 bridgehead atoms. The molecule has 0 saturated carbocycles. The number of rotatable bonds is 2. The maximum Gasteiger partial charge on any atom is 0.332 e. The molecule has 1 atom stereocenters. The predicted octanol–water partition coefficient (Wildman–Crippen LogP) is 1.93. The third kappa shape index (κ3) is 1.96. The maximum atomic E-state index is 12.3. The summed E-state index contributed by atoms with van der Waals surface area (Å²) in [5, 5.41) is 0. The fourth-order valence-electron chi connectivity index (χ4n) is 2.39. The van der Waals surface area contributed by atoms with Crippen molar-refractivity contribution in [1.82, 2.24) is 4.90 Å². The molecule has 6 heteroatoms. The highest BCUT2D eigenvalue weighted by molar-refractivity contribution is 7.99. The second-order valence-electron chi connectivity index (χ2n) is 4.47. The van der Waals surface area contributed by atoms with Gasteiger partial charge in [-0.2, -0.15) is 0 Å². The van der Waals surface area contributed by atoms with Crippen LogP contribution in [0.15, 0.2) is 24.3 Å². The van der Waals surface area contributed by atoms with Crippen molar-refractivity contribution in [2.75, 3.05) is 23.6 Å². The summed E-state index contributed by atoms with van der Waals surface area (Å²) in [6, 6.07) is 6.48. The first-order valence-electron chi connectivity index (χ1n) is 6.09. The number of carbonyl (C=O) groups is 2. The van der Waals surface area contributed by atoms with Crippen LogP contribution in [0.4, 0.5) is 10.5 Å². The average molecular weight is 278 g/mol. The van der Waals surface area contributed by atoms with Crippen LogP contribution in [-0.4, -0.2) is 41.6 Å². The largest absolute Gasteiger partial charge is 0.497 e. The number of imide groups is 1. The minimum Gasteiger partial charge on any atom is -0.497 e. The van der Waals surface area contributed by atoms with Crippen LogP contribution in [0.2, 0.25) is 0 Å². The molecular formula is C13H14N2O3S. The van der Waals surface area contributed by atoms with Gasteiger partial charge in [0.1, 0.15) is 11.8 Å². The molecule has 1 aromatic carbocycles. The van der Waals surface area contributed by atoms with E-state index in [-0.39, 0.29) is 18.0 Å². The van der Waals surface area contributed by atoms with Crippen LogP contribution >= 0.6 is 11.8 Å². The van der Waals surface area contributed by atoms with Crippen LogP contribution in [-0.2, 0) is 4.79 Å². The van der Waals surface area contributed by atoms with Crippen molar-refractivity contribution in [1.29, 1.82) is 0 Å².